The third-order valence-corrected chi connectivity index (χ3v) is 9.77. The Kier molecular flexibility index (Phi) is 4.38. The third kappa shape index (κ3) is 2.90. The van der Waals surface area contributed by atoms with Gasteiger partial charge in [-0.05, 0) is 64.7 Å². The van der Waals surface area contributed by atoms with Gasteiger partial charge >= 0.3 is 0 Å². The molecule has 0 spiro atoms. The van der Waals surface area contributed by atoms with E-state index in [1.807, 2.05) is 36.4 Å². The lowest BCUT2D eigenvalue weighted by Gasteiger charge is -2.22. The zero-order valence-electron chi connectivity index (χ0n) is 24.1. The molecular formula is C40H25NO3. The van der Waals surface area contributed by atoms with Crippen LogP contribution in [0.1, 0.15) is 25.0 Å². The molecule has 0 radical (unpaired) electrons. The van der Waals surface area contributed by atoms with Crippen molar-refractivity contribution < 1.29 is 8.83 Å². The zero-order chi connectivity index (χ0) is 29.3. The Balaban J connectivity index is 1.24. The molecular weight excluding hydrogens is 542 g/mol. The summed E-state index contributed by atoms with van der Waals surface area (Å²) >= 11 is 0. The molecule has 10 rings (SSSR count). The number of nitrogens with zero attached hydrogens (tertiary/aromatic N) is 1. The van der Waals surface area contributed by atoms with Crippen molar-refractivity contribution in [3.8, 4) is 16.8 Å². The van der Waals surface area contributed by atoms with Crippen LogP contribution in [0.25, 0.3) is 82.5 Å². The second-order valence-corrected chi connectivity index (χ2v) is 12.5. The maximum Gasteiger partial charge on any atom is 0.200 e. The normalized spacial score (nSPS) is 14.0. The van der Waals surface area contributed by atoms with Crippen molar-refractivity contribution in [2.24, 2.45) is 0 Å². The van der Waals surface area contributed by atoms with E-state index in [-0.39, 0.29) is 10.8 Å². The van der Waals surface area contributed by atoms with Crippen molar-refractivity contribution in [1.29, 1.82) is 0 Å². The van der Waals surface area contributed by atoms with Gasteiger partial charge in [0.05, 0.1) is 21.8 Å². The van der Waals surface area contributed by atoms with Gasteiger partial charge in [0.1, 0.15) is 22.3 Å². The van der Waals surface area contributed by atoms with Crippen molar-refractivity contribution in [3.05, 3.63) is 137 Å². The summed E-state index contributed by atoms with van der Waals surface area (Å²) in [6.07, 6.45) is 0. The Morgan fingerprint density at radius 2 is 1.27 bits per heavy atom. The fraction of sp³-hybridized carbons (Fsp3) is 0.0750. The van der Waals surface area contributed by atoms with Crippen molar-refractivity contribution >= 4 is 65.7 Å². The minimum Gasteiger partial charge on any atom is -0.456 e. The van der Waals surface area contributed by atoms with Crippen LogP contribution in [-0.4, -0.2) is 4.57 Å². The molecule has 0 atom stereocenters. The summed E-state index contributed by atoms with van der Waals surface area (Å²) in [5.41, 5.74) is 11.2. The smallest absolute Gasteiger partial charge is 0.200 e. The molecule has 0 saturated carbocycles. The third-order valence-electron chi connectivity index (χ3n) is 9.77. The van der Waals surface area contributed by atoms with E-state index in [1.165, 1.54) is 38.5 Å². The number of benzene rings is 6. The largest absolute Gasteiger partial charge is 0.456 e. The predicted octanol–water partition coefficient (Wildman–Crippen LogP) is 10.2. The van der Waals surface area contributed by atoms with Crippen molar-refractivity contribution in [2.75, 3.05) is 0 Å². The molecule has 44 heavy (non-hydrogen) atoms. The van der Waals surface area contributed by atoms with E-state index < -0.39 is 0 Å². The highest BCUT2D eigenvalue weighted by Gasteiger charge is 2.38. The van der Waals surface area contributed by atoms with Gasteiger partial charge in [-0.2, -0.15) is 0 Å². The van der Waals surface area contributed by atoms with Gasteiger partial charge in [-0.3, -0.25) is 4.79 Å². The summed E-state index contributed by atoms with van der Waals surface area (Å²) in [5, 5.41) is 5.55. The van der Waals surface area contributed by atoms with Crippen LogP contribution in [0.3, 0.4) is 0 Å². The van der Waals surface area contributed by atoms with Crippen molar-refractivity contribution in [1.82, 2.24) is 4.57 Å². The molecule has 0 aliphatic heterocycles. The Morgan fingerprint density at radius 3 is 2.18 bits per heavy atom. The lowest BCUT2D eigenvalue weighted by molar-refractivity contribution is 0.650. The van der Waals surface area contributed by atoms with Crippen molar-refractivity contribution in [3.63, 3.8) is 0 Å². The molecule has 3 heterocycles. The van der Waals surface area contributed by atoms with Crippen LogP contribution in [0.2, 0.25) is 0 Å². The van der Waals surface area contributed by atoms with Gasteiger partial charge in [-0.15, -0.1) is 0 Å². The van der Waals surface area contributed by atoms with Gasteiger partial charge in [-0.1, -0.05) is 74.5 Å². The molecule has 208 valence electrons. The maximum atomic E-state index is 13.4. The van der Waals surface area contributed by atoms with Crippen LogP contribution in [-0.2, 0) is 5.41 Å². The highest BCUT2D eigenvalue weighted by atomic mass is 16.3. The first-order valence-corrected chi connectivity index (χ1v) is 15.0. The van der Waals surface area contributed by atoms with Gasteiger partial charge in [0.15, 0.2) is 0 Å². The number of fused-ring (bicyclic) bond motifs is 12. The number of furan rings is 1. The maximum absolute atomic E-state index is 13.4. The second-order valence-electron chi connectivity index (χ2n) is 12.5. The molecule has 0 bridgehead atoms. The number of aromatic nitrogens is 1. The van der Waals surface area contributed by atoms with Crippen molar-refractivity contribution in [2.45, 2.75) is 19.3 Å². The SMILES string of the molecule is CC1(C)c2ccccc2-c2ccc3c(c21)c1ccccc1n3-c1ccc2c(c1)oc1cc3oc4ccccc4c(=O)c3cc12. The molecule has 0 fully saturated rings. The highest BCUT2D eigenvalue weighted by molar-refractivity contribution is 6.15. The van der Waals surface area contributed by atoms with Crippen LogP contribution in [0.5, 0.6) is 0 Å². The molecule has 1 aliphatic carbocycles. The molecule has 0 saturated heterocycles. The number of para-hydroxylation sites is 2. The van der Waals surface area contributed by atoms with Crippen LogP contribution in [0.15, 0.2) is 129 Å². The monoisotopic (exact) mass is 567 g/mol. The van der Waals surface area contributed by atoms with E-state index >= 15 is 0 Å². The molecule has 4 nitrogen and oxygen atoms in total. The van der Waals surface area contributed by atoms with E-state index in [0.29, 0.717) is 27.5 Å². The molecule has 1 aliphatic rings. The van der Waals surface area contributed by atoms with Gasteiger partial charge < -0.3 is 13.4 Å². The van der Waals surface area contributed by atoms with E-state index in [4.69, 9.17) is 8.83 Å². The summed E-state index contributed by atoms with van der Waals surface area (Å²) in [6.45, 7) is 4.69. The molecule has 6 aromatic carbocycles. The summed E-state index contributed by atoms with van der Waals surface area (Å²) < 4.78 is 14.9. The fourth-order valence-electron chi connectivity index (χ4n) is 7.81. The second kappa shape index (κ2) is 8.06. The molecule has 0 N–H and O–H groups in total. The lowest BCUT2D eigenvalue weighted by atomic mass is 9.80. The minimum absolute atomic E-state index is 0.0300. The van der Waals surface area contributed by atoms with E-state index in [1.54, 1.807) is 0 Å². The summed E-state index contributed by atoms with van der Waals surface area (Å²) in [5.74, 6) is 0. The van der Waals surface area contributed by atoms with E-state index in [9.17, 15) is 4.79 Å². The number of hydrogen-bond donors (Lipinski definition) is 0. The zero-order valence-corrected chi connectivity index (χ0v) is 24.1. The molecule has 3 aromatic heterocycles. The first kappa shape index (κ1) is 23.9. The van der Waals surface area contributed by atoms with E-state index in [0.717, 1.165) is 27.6 Å². The summed E-state index contributed by atoms with van der Waals surface area (Å²) in [4.78, 5) is 13.4. The number of rotatable bonds is 1. The molecule has 0 amide bonds. The highest BCUT2D eigenvalue weighted by Crippen LogP contribution is 2.53. The summed E-state index contributed by atoms with van der Waals surface area (Å²) in [6, 6.07) is 39.6. The Hall–Kier alpha value is -5.61. The molecule has 9 aromatic rings. The average molecular weight is 568 g/mol. The molecule has 4 heteroatoms. The fourth-order valence-corrected chi connectivity index (χ4v) is 7.81. The van der Waals surface area contributed by atoms with Gasteiger partial charge in [-0.25, -0.2) is 0 Å². The summed E-state index contributed by atoms with van der Waals surface area (Å²) in [7, 11) is 0. The van der Waals surface area contributed by atoms with Gasteiger partial charge in [0.25, 0.3) is 0 Å². The quantitative estimate of drug-likeness (QED) is 0.185. The first-order valence-electron chi connectivity index (χ1n) is 15.0. The average Bonchev–Trinajstić information content (AvgIpc) is 3.65. The van der Waals surface area contributed by atoms with Crippen LogP contribution < -0.4 is 5.43 Å². The standard InChI is InChI=1S/C40H25NO3/c1-40(2)30-12-6-3-9-23(30)25-17-18-32-37(38(25)40)26-10-4-7-13-31(26)41(32)22-15-16-24-28-20-29-36(21-35(28)44-34(24)19-22)43-33-14-8-5-11-27(33)39(29)42/h3-21H,1-2H3. The van der Waals surface area contributed by atoms with Crippen LogP contribution in [0, 0.1) is 0 Å². The Labute approximate surface area is 251 Å². The Bertz CT molecular complexity index is 2770. The topological polar surface area (TPSA) is 48.3 Å². The first-order chi connectivity index (χ1) is 21.5. The van der Waals surface area contributed by atoms with Crippen LogP contribution >= 0.6 is 0 Å². The molecule has 0 unspecified atom stereocenters. The van der Waals surface area contributed by atoms with Gasteiger partial charge in [0, 0.05) is 44.8 Å². The minimum atomic E-state index is -0.124. The number of hydrogen-bond acceptors (Lipinski definition) is 3. The van der Waals surface area contributed by atoms with Gasteiger partial charge in [0.2, 0.25) is 5.43 Å². The van der Waals surface area contributed by atoms with Crippen LogP contribution in [0.4, 0.5) is 0 Å². The predicted molar refractivity (Wildman–Crippen MR) is 179 cm³/mol. The lowest BCUT2D eigenvalue weighted by Crippen LogP contribution is -2.15. The Morgan fingerprint density at radius 1 is 0.545 bits per heavy atom. The van der Waals surface area contributed by atoms with E-state index in [2.05, 4.69) is 97.3 Å².